The molecule has 2 aromatic rings. The molecule has 1 fully saturated rings. The topological polar surface area (TPSA) is 42.4 Å². The molecule has 7 heteroatoms. The van der Waals surface area contributed by atoms with Gasteiger partial charge in [-0.1, -0.05) is 28.1 Å². The van der Waals surface area contributed by atoms with E-state index >= 15 is 0 Å². The van der Waals surface area contributed by atoms with E-state index in [1.165, 1.54) is 11.3 Å². The average Bonchev–Trinajstić information content (AvgIpc) is 3.24. The highest BCUT2D eigenvalue weighted by Gasteiger charge is 2.25. The molecule has 1 amide bonds. The number of nitrogens with zero attached hydrogens (tertiary/aromatic N) is 2. The highest BCUT2D eigenvalue weighted by Crippen LogP contribution is 2.29. The largest absolute Gasteiger partial charge is 0.376 e. The van der Waals surface area contributed by atoms with Gasteiger partial charge < -0.3 is 4.74 Å². The van der Waals surface area contributed by atoms with Crippen LogP contribution in [0, 0.1) is 0 Å². The van der Waals surface area contributed by atoms with Crippen molar-refractivity contribution >= 4 is 49.9 Å². The van der Waals surface area contributed by atoms with Gasteiger partial charge in [0.15, 0.2) is 5.13 Å². The molecule has 2 heterocycles. The Morgan fingerprint density at radius 3 is 2.87 bits per heavy atom. The molecule has 23 heavy (non-hydrogen) atoms. The molecule has 0 saturated carbocycles. The lowest BCUT2D eigenvalue weighted by molar-refractivity contribution is -0.116. The number of amides is 1. The van der Waals surface area contributed by atoms with E-state index < -0.39 is 0 Å². The Morgan fingerprint density at radius 1 is 1.43 bits per heavy atom. The molecule has 0 radical (unpaired) electrons. The van der Waals surface area contributed by atoms with Gasteiger partial charge >= 0.3 is 0 Å². The average molecular weight is 416 g/mol. The Hall–Kier alpha value is -0.950. The quantitative estimate of drug-likeness (QED) is 0.683. The minimum absolute atomic E-state index is 0.0556. The molecule has 0 bridgehead atoms. The summed E-state index contributed by atoms with van der Waals surface area (Å²) in [4.78, 5) is 18.5. The maximum Gasteiger partial charge on any atom is 0.243 e. The van der Waals surface area contributed by atoms with Gasteiger partial charge in [-0.25, -0.2) is 4.98 Å². The van der Waals surface area contributed by atoms with Gasteiger partial charge in [-0.3, -0.25) is 9.69 Å². The first-order valence-corrected chi connectivity index (χ1v) is 9.57. The molecule has 3 rings (SSSR count). The van der Waals surface area contributed by atoms with Crippen LogP contribution in [-0.2, 0) is 9.53 Å². The third-order valence-electron chi connectivity index (χ3n) is 3.69. The molecule has 122 valence electrons. The second-order valence-corrected chi connectivity index (χ2v) is 7.31. The van der Waals surface area contributed by atoms with Crippen molar-refractivity contribution in [2.75, 3.05) is 23.9 Å². The molecule has 0 unspecified atom stereocenters. The van der Waals surface area contributed by atoms with Crippen molar-refractivity contribution in [1.29, 1.82) is 0 Å². The lowest BCUT2D eigenvalue weighted by Gasteiger charge is -2.22. The number of halogens is 2. The molecule has 1 aromatic heterocycles. The first-order valence-electron chi connectivity index (χ1n) is 7.37. The van der Waals surface area contributed by atoms with Crippen LogP contribution in [-0.4, -0.2) is 36.0 Å². The summed E-state index contributed by atoms with van der Waals surface area (Å²) in [6.45, 7) is 1.27. The molecule has 0 aliphatic carbocycles. The van der Waals surface area contributed by atoms with Gasteiger partial charge in [0.2, 0.25) is 5.91 Å². The van der Waals surface area contributed by atoms with Crippen molar-refractivity contribution in [3.05, 3.63) is 34.1 Å². The van der Waals surface area contributed by atoms with Crippen molar-refractivity contribution in [3.8, 4) is 11.3 Å². The van der Waals surface area contributed by atoms with E-state index in [-0.39, 0.29) is 17.9 Å². The van der Waals surface area contributed by atoms with Gasteiger partial charge in [0.05, 0.1) is 18.3 Å². The molecule has 0 spiro atoms. The van der Waals surface area contributed by atoms with E-state index in [0.717, 1.165) is 35.2 Å². The van der Waals surface area contributed by atoms with Gasteiger partial charge in [0.25, 0.3) is 0 Å². The first-order chi connectivity index (χ1) is 11.2. The monoisotopic (exact) mass is 414 g/mol. The van der Waals surface area contributed by atoms with Crippen LogP contribution in [0.15, 0.2) is 34.1 Å². The van der Waals surface area contributed by atoms with Gasteiger partial charge in [0, 0.05) is 22.0 Å². The van der Waals surface area contributed by atoms with Crippen LogP contribution < -0.4 is 4.90 Å². The second-order valence-electron chi connectivity index (χ2n) is 5.30. The Balaban J connectivity index is 1.81. The van der Waals surface area contributed by atoms with E-state index in [2.05, 4.69) is 20.9 Å². The zero-order valence-electron chi connectivity index (χ0n) is 12.4. The van der Waals surface area contributed by atoms with Gasteiger partial charge in [-0.15, -0.1) is 22.9 Å². The number of carbonyl (C=O) groups is 1. The number of ether oxygens (including phenoxy) is 1. The predicted molar refractivity (Wildman–Crippen MR) is 97.3 cm³/mol. The lowest BCUT2D eigenvalue weighted by atomic mass is 10.2. The van der Waals surface area contributed by atoms with E-state index in [0.29, 0.717) is 11.7 Å². The van der Waals surface area contributed by atoms with Crippen LogP contribution in [0.3, 0.4) is 0 Å². The zero-order valence-corrected chi connectivity index (χ0v) is 15.5. The summed E-state index contributed by atoms with van der Waals surface area (Å²) in [7, 11) is 0. The normalized spacial score (nSPS) is 17.4. The van der Waals surface area contributed by atoms with Crippen LogP contribution in [0.4, 0.5) is 5.13 Å². The van der Waals surface area contributed by atoms with E-state index in [1.807, 2.05) is 29.6 Å². The summed E-state index contributed by atoms with van der Waals surface area (Å²) in [5.41, 5.74) is 1.88. The Kier molecular flexibility index (Phi) is 5.69. The van der Waals surface area contributed by atoms with E-state index in [1.54, 1.807) is 4.90 Å². The highest BCUT2D eigenvalue weighted by molar-refractivity contribution is 9.10. The summed E-state index contributed by atoms with van der Waals surface area (Å²) in [5.74, 6) is -0.196. The minimum atomic E-state index is -0.140. The number of benzene rings is 1. The smallest absolute Gasteiger partial charge is 0.243 e. The van der Waals surface area contributed by atoms with Crippen molar-refractivity contribution < 1.29 is 9.53 Å². The van der Waals surface area contributed by atoms with Gasteiger partial charge in [-0.05, 0) is 25.0 Å². The molecule has 1 saturated heterocycles. The molecule has 4 nitrogen and oxygen atoms in total. The third kappa shape index (κ3) is 4.12. The van der Waals surface area contributed by atoms with Gasteiger partial charge in [-0.2, -0.15) is 0 Å². The number of hydrogen-bond donors (Lipinski definition) is 0. The Labute approximate surface area is 152 Å². The number of aromatic nitrogens is 1. The van der Waals surface area contributed by atoms with Crippen LogP contribution in [0.25, 0.3) is 11.3 Å². The fraction of sp³-hybridized carbons (Fsp3) is 0.375. The van der Waals surface area contributed by atoms with Crippen LogP contribution in [0.1, 0.15) is 12.8 Å². The standard InChI is InChI=1S/C16H16BrClN2O2S/c17-12-5-3-11(4-6-12)14-10-23-16(19-14)20(15(21)8-18)9-13-2-1-7-22-13/h3-6,10,13H,1-2,7-9H2/t13-/m1/s1. The Morgan fingerprint density at radius 2 is 2.22 bits per heavy atom. The van der Waals surface area contributed by atoms with Crippen molar-refractivity contribution in [1.82, 2.24) is 4.98 Å². The first kappa shape index (κ1) is 16.9. The highest BCUT2D eigenvalue weighted by atomic mass is 79.9. The molecule has 1 atom stereocenters. The fourth-order valence-electron chi connectivity index (χ4n) is 2.49. The van der Waals surface area contributed by atoms with Crippen molar-refractivity contribution in [2.45, 2.75) is 18.9 Å². The number of carbonyl (C=O) groups excluding carboxylic acids is 1. The van der Waals surface area contributed by atoms with E-state index in [4.69, 9.17) is 16.3 Å². The number of rotatable bonds is 5. The van der Waals surface area contributed by atoms with Crippen LogP contribution >= 0.6 is 38.9 Å². The third-order valence-corrected chi connectivity index (χ3v) is 5.31. The maximum atomic E-state index is 12.2. The molecule has 1 aliphatic rings. The van der Waals surface area contributed by atoms with Crippen molar-refractivity contribution in [3.63, 3.8) is 0 Å². The molecule has 1 aromatic carbocycles. The summed E-state index contributed by atoms with van der Waals surface area (Å²) in [6.07, 6.45) is 2.08. The predicted octanol–water partition coefficient (Wildman–Crippen LogP) is 4.32. The Bertz CT molecular complexity index is 671. The summed E-state index contributed by atoms with van der Waals surface area (Å²) >= 11 is 10.6. The van der Waals surface area contributed by atoms with E-state index in [9.17, 15) is 4.79 Å². The summed E-state index contributed by atoms with van der Waals surface area (Å²) in [5, 5.41) is 2.63. The number of thiazole rings is 1. The van der Waals surface area contributed by atoms with Gasteiger partial charge in [0.1, 0.15) is 5.88 Å². The number of hydrogen-bond acceptors (Lipinski definition) is 4. The van der Waals surface area contributed by atoms with Crippen molar-refractivity contribution in [2.24, 2.45) is 0 Å². The SMILES string of the molecule is O=C(CCl)N(C[C@H]1CCCO1)c1nc(-c2ccc(Br)cc2)cs1. The lowest BCUT2D eigenvalue weighted by Crippen LogP contribution is -2.38. The second kappa shape index (κ2) is 7.75. The molecular weight excluding hydrogens is 400 g/mol. The fourth-order valence-corrected chi connectivity index (χ4v) is 3.76. The molecule has 1 aliphatic heterocycles. The zero-order chi connectivity index (χ0) is 16.2. The molecular formula is C16H16BrClN2O2S. The summed E-state index contributed by atoms with van der Waals surface area (Å²) in [6, 6.07) is 7.94. The van der Waals surface area contributed by atoms with Crippen LogP contribution in [0.5, 0.6) is 0 Å². The summed E-state index contributed by atoms with van der Waals surface area (Å²) < 4.78 is 6.66. The number of anilines is 1. The van der Waals surface area contributed by atoms with Crippen LogP contribution in [0.2, 0.25) is 0 Å². The number of alkyl halides is 1. The minimum Gasteiger partial charge on any atom is -0.376 e. The molecule has 0 N–H and O–H groups in total. The maximum absolute atomic E-state index is 12.2.